The number of rotatable bonds is 1. The molecule has 0 bridgehead atoms. The zero-order valence-corrected chi connectivity index (χ0v) is 14.0. The van der Waals surface area contributed by atoms with Crippen LogP contribution in [0.1, 0.15) is 11.1 Å². The average Bonchev–Trinajstić information content (AvgIpc) is 2.14. The Morgan fingerprint density at radius 2 is 1.76 bits per heavy atom. The van der Waals surface area contributed by atoms with Crippen LogP contribution in [-0.4, -0.2) is 13.0 Å². The van der Waals surface area contributed by atoms with Crippen molar-refractivity contribution in [3.05, 3.63) is 41.5 Å². The molecule has 0 N–H and O–H groups in total. The molecule has 17 heavy (non-hydrogen) atoms. The summed E-state index contributed by atoms with van der Waals surface area (Å²) in [6.07, 6.45) is 0. The van der Waals surface area contributed by atoms with E-state index in [0.717, 1.165) is 16.5 Å². The van der Waals surface area contributed by atoms with E-state index < -0.39 is 10.1 Å². The molecule has 5 heteroatoms. The Kier molecular flexibility index (Phi) is 4.94. The van der Waals surface area contributed by atoms with Gasteiger partial charge >= 0.3 is 51.4 Å². The second kappa shape index (κ2) is 5.48. The van der Waals surface area contributed by atoms with Crippen LogP contribution < -0.4 is 51.4 Å². The molecule has 0 amide bonds. The SMILES string of the molecule is Cc1cc(C)c2c(S(=O)(=O)[O-])cccc2c1.[K+]. The van der Waals surface area contributed by atoms with E-state index in [0.29, 0.717) is 5.39 Å². The van der Waals surface area contributed by atoms with Gasteiger partial charge in [0.25, 0.3) is 0 Å². The molecule has 0 aliphatic carbocycles. The Bertz CT molecular complexity index is 663. The van der Waals surface area contributed by atoms with Gasteiger partial charge in [-0.3, -0.25) is 0 Å². The monoisotopic (exact) mass is 274 g/mol. The minimum absolute atomic E-state index is 0. The van der Waals surface area contributed by atoms with Gasteiger partial charge in [0.05, 0.1) is 4.90 Å². The Morgan fingerprint density at radius 1 is 1.12 bits per heavy atom. The quantitative estimate of drug-likeness (QED) is 0.514. The summed E-state index contributed by atoms with van der Waals surface area (Å²) >= 11 is 0. The van der Waals surface area contributed by atoms with Crippen molar-refractivity contribution in [2.24, 2.45) is 0 Å². The molecular formula is C12H11KO3S. The molecule has 0 saturated carbocycles. The molecular weight excluding hydrogens is 263 g/mol. The maximum atomic E-state index is 11.1. The zero-order valence-electron chi connectivity index (χ0n) is 10.0. The van der Waals surface area contributed by atoms with Gasteiger partial charge in [-0.1, -0.05) is 29.8 Å². The van der Waals surface area contributed by atoms with Gasteiger partial charge in [-0.2, -0.15) is 0 Å². The minimum Gasteiger partial charge on any atom is -0.744 e. The van der Waals surface area contributed by atoms with Gasteiger partial charge in [0.1, 0.15) is 10.1 Å². The largest absolute Gasteiger partial charge is 1.00 e. The van der Waals surface area contributed by atoms with Crippen LogP contribution >= 0.6 is 0 Å². The molecule has 2 aromatic rings. The Morgan fingerprint density at radius 3 is 2.35 bits per heavy atom. The van der Waals surface area contributed by atoms with Crippen molar-refractivity contribution >= 4 is 20.9 Å². The van der Waals surface area contributed by atoms with E-state index in [9.17, 15) is 13.0 Å². The zero-order chi connectivity index (χ0) is 11.9. The van der Waals surface area contributed by atoms with Crippen LogP contribution in [0.3, 0.4) is 0 Å². The summed E-state index contributed by atoms with van der Waals surface area (Å²) < 4.78 is 33.4. The van der Waals surface area contributed by atoms with Crippen molar-refractivity contribution in [3.8, 4) is 0 Å². The fourth-order valence-corrected chi connectivity index (χ4v) is 2.77. The van der Waals surface area contributed by atoms with E-state index in [1.54, 1.807) is 6.07 Å². The smallest absolute Gasteiger partial charge is 0.744 e. The van der Waals surface area contributed by atoms with Crippen molar-refractivity contribution in [3.63, 3.8) is 0 Å². The summed E-state index contributed by atoms with van der Waals surface area (Å²) in [7, 11) is -4.41. The predicted molar refractivity (Wildman–Crippen MR) is 61.4 cm³/mol. The van der Waals surface area contributed by atoms with Gasteiger partial charge in [0.15, 0.2) is 0 Å². The number of aryl methyl sites for hydroxylation is 2. The van der Waals surface area contributed by atoms with Crippen LogP contribution in [0.4, 0.5) is 0 Å². The van der Waals surface area contributed by atoms with Crippen LogP contribution in [0.2, 0.25) is 0 Å². The van der Waals surface area contributed by atoms with Gasteiger partial charge < -0.3 is 4.55 Å². The first-order chi connectivity index (χ1) is 7.39. The first-order valence-electron chi connectivity index (χ1n) is 4.85. The minimum atomic E-state index is -4.41. The van der Waals surface area contributed by atoms with E-state index >= 15 is 0 Å². The predicted octanol–water partition coefficient (Wildman–Crippen LogP) is -0.635. The maximum absolute atomic E-state index is 11.1. The molecule has 2 aromatic carbocycles. The van der Waals surface area contributed by atoms with Crippen LogP contribution in [0.5, 0.6) is 0 Å². The standard InChI is InChI=1S/C12H12O3S.K/c1-8-6-9(2)12-10(7-8)4-3-5-11(12)16(13,14)15;/h3-7H,1-2H3,(H,13,14,15);/q;+1/p-1. The van der Waals surface area contributed by atoms with Gasteiger partial charge in [-0.25, -0.2) is 8.42 Å². The van der Waals surface area contributed by atoms with Gasteiger partial charge in [-0.05, 0) is 30.9 Å². The molecule has 0 radical (unpaired) electrons. The third kappa shape index (κ3) is 3.17. The van der Waals surface area contributed by atoms with Crippen LogP contribution in [0.25, 0.3) is 10.8 Å². The normalized spacial score (nSPS) is 11.2. The van der Waals surface area contributed by atoms with Crippen molar-refractivity contribution in [1.29, 1.82) is 0 Å². The van der Waals surface area contributed by atoms with E-state index in [1.807, 2.05) is 32.0 Å². The summed E-state index contributed by atoms with van der Waals surface area (Å²) in [5.74, 6) is 0. The van der Waals surface area contributed by atoms with E-state index in [1.165, 1.54) is 6.07 Å². The molecule has 0 unspecified atom stereocenters. The third-order valence-corrected chi connectivity index (χ3v) is 3.43. The van der Waals surface area contributed by atoms with Crippen molar-refractivity contribution in [2.45, 2.75) is 18.7 Å². The van der Waals surface area contributed by atoms with Gasteiger partial charge in [0.2, 0.25) is 0 Å². The summed E-state index contributed by atoms with van der Waals surface area (Å²) in [6, 6.07) is 8.50. The second-order valence-corrected chi connectivity index (χ2v) is 5.24. The Hall–Kier alpha value is 0.246. The van der Waals surface area contributed by atoms with Crippen molar-refractivity contribution < 1.29 is 64.4 Å². The number of fused-ring (bicyclic) bond motifs is 1. The fourth-order valence-electron chi connectivity index (χ4n) is 2.00. The molecule has 3 nitrogen and oxygen atoms in total. The molecule has 0 aromatic heterocycles. The second-order valence-electron chi connectivity index (χ2n) is 3.89. The molecule has 0 spiro atoms. The van der Waals surface area contributed by atoms with Crippen LogP contribution in [-0.2, 0) is 10.1 Å². The van der Waals surface area contributed by atoms with E-state index in [4.69, 9.17) is 0 Å². The summed E-state index contributed by atoms with van der Waals surface area (Å²) in [5.41, 5.74) is 1.86. The fraction of sp³-hybridized carbons (Fsp3) is 0.167. The molecule has 2 rings (SSSR count). The number of benzene rings is 2. The number of hydrogen-bond acceptors (Lipinski definition) is 3. The summed E-state index contributed by atoms with van der Waals surface area (Å²) in [4.78, 5) is -0.137. The molecule has 0 saturated heterocycles. The third-order valence-electron chi connectivity index (χ3n) is 2.55. The van der Waals surface area contributed by atoms with E-state index in [-0.39, 0.29) is 56.3 Å². The summed E-state index contributed by atoms with van der Waals surface area (Å²) in [5, 5.41) is 1.32. The molecule has 84 valence electrons. The van der Waals surface area contributed by atoms with Gasteiger partial charge in [-0.15, -0.1) is 0 Å². The van der Waals surface area contributed by atoms with Crippen LogP contribution in [0, 0.1) is 13.8 Å². The maximum Gasteiger partial charge on any atom is 1.00 e. The van der Waals surface area contributed by atoms with Gasteiger partial charge in [0, 0.05) is 5.39 Å². The first kappa shape index (κ1) is 15.3. The molecule has 0 aliphatic heterocycles. The molecule has 0 atom stereocenters. The van der Waals surface area contributed by atoms with Crippen molar-refractivity contribution in [1.82, 2.24) is 0 Å². The molecule has 0 aliphatic rings. The molecule has 0 heterocycles. The average molecular weight is 274 g/mol. The topological polar surface area (TPSA) is 57.2 Å². The first-order valence-corrected chi connectivity index (χ1v) is 6.26. The Labute approximate surface area is 143 Å². The van der Waals surface area contributed by atoms with Crippen molar-refractivity contribution in [2.75, 3.05) is 0 Å². The van der Waals surface area contributed by atoms with E-state index in [2.05, 4.69) is 0 Å². The number of hydrogen-bond donors (Lipinski definition) is 0. The summed E-state index contributed by atoms with van der Waals surface area (Å²) in [6.45, 7) is 3.74. The Balaban J connectivity index is 0.00000144. The van der Waals surface area contributed by atoms with Crippen LogP contribution in [0.15, 0.2) is 35.2 Å². The molecule has 0 fully saturated rings.